The van der Waals surface area contributed by atoms with E-state index in [0.29, 0.717) is 0 Å². The number of fused-ring (bicyclic) bond motifs is 2. The van der Waals surface area contributed by atoms with Crippen LogP contribution in [-0.2, 0) is 17.6 Å². The zero-order chi connectivity index (χ0) is 20.4. The summed E-state index contributed by atoms with van der Waals surface area (Å²) in [7, 11) is 2.17. The molecule has 154 valence electrons. The van der Waals surface area contributed by atoms with Gasteiger partial charge in [-0.15, -0.1) is 11.3 Å². The summed E-state index contributed by atoms with van der Waals surface area (Å²) in [5.74, 6) is 0. The van der Waals surface area contributed by atoms with E-state index in [4.69, 9.17) is 0 Å². The third kappa shape index (κ3) is 3.90. The van der Waals surface area contributed by atoms with E-state index in [0.717, 1.165) is 50.2 Å². The number of aryl methyl sites for hydroxylation is 2. The van der Waals surface area contributed by atoms with E-state index >= 15 is 0 Å². The minimum absolute atomic E-state index is 0.263. The summed E-state index contributed by atoms with van der Waals surface area (Å²) < 4.78 is 0. The highest BCUT2D eigenvalue weighted by molar-refractivity contribution is 7.16. The molecule has 2 aliphatic rings. The molecule has 2 aromatic rings. The Balaban J connectivity index is 1.85. The third-order valence-corrected chi connectivity index (χ3v) is 7.31. The van der Waals surface area contributed by atoms with Gasteiger partial charge in [-0.25, -0.2) is 0 Å². The summed E-state index contributed by atoms with van der Waals surface area (Å²) in [5.41, 5.74) is 6.74. The molecule has 0 saturated carbocycles. The molecule has 5 nitrogen and oxygen atoms in total. The van der Waals surface area contributed by atoms with Crippen LogP contribution < -0.4 is 4.90 Å². The third-order valence-electron chi connectivity index (χ3n) is 6.10. The van der Waals surface area contributed by atoms with Gasteiger partial charge in [-0.3, -0.25) is 9.69 Å². The molecule has 0 spiro atoms. The van der Waals surface area contributed by atoms with Gasteiger partial charge in [-0.1, -0.05) is 29.8 Å². The molecule has 2 heterocycles. The normalized spacial score (nSPS) is 17.1. The van der Waals surface area contributed by atoms with E-state index in [-0.39, 0.29) is 13.2 Å². The second-order valence-electron chi connectivity index (χ2n) is 7.89. The molecule has 1 aromatic carbocycles. The second kappa shape index (κ2) is 8.79. The van der Waals surface area contributed by atoms with Gasteiger partial charge >= 0.3 is 0 Å². The van der Waals surface area contributed by atoms with Crippen LogP contribution in [0.4, 0.5) is 5.00 Å². The highest BCUT2D eigenvalue weighted by Gasteiger charge is 2.27. The Labute approximate surface area is 175 Å². The van der Waals surface area contributed by atoms with Crippen molar-refractivity contribution < 1.29 is 15.0 Å². The number of likely N-dealkylation sites (tertiary alicyclic amines) is 1. The molecule has 1 fully saturated rings. The number of aliphatic hydroxyl groups excluding tert-OH is 2. The largest absolute Gasteiger partial charge is 0.394 e. The first-order chi connectivity index (χ1) is 14.2. The Morgan fingerprint density at radius 1 is 1.10 bits per heavy atom. The number of nitrogens with zero attached hydrogens (tertiary/aromatic N) is 2. The van der Waals surface area contributed by atoms with Crippen LogP contribution in [0.3, 0.4) is 0 Å². The van der Waals surface area contributed by atoms with Crippen LogP contribution in [0.5, 0.6) is 0 Å². The first-order valence-corrected chi connectivity index (χ1v) is 11.0. The van der Waals surface area contributed by atoms with Gasteiger partial charge in [0.2, 0.25) is 6.41 Å². The highest BCUT2D eigenvalue weighted by atomic mass is 32.1. The molecule has 0 unspecified atom stereocenters. The first kappa shape index (κ1) is 20.3. The van der Waals surface area contributed by atoms with E-state index in [9.17, 15) is 15.0 Å². The number of rotatable bonds is 5. The summed E-state index contributed by atoms with van der Waals surface area (Å²) >= 11 is 1.61. The van der Waals surface area contributed by atoms with E-state index < -0.39 is 6.04 Å². The molecule has 2 N–H and O–H groups in total. The van der Waals surface area contributed by atoms with Gasteiger partial charge in [-0.05, 0) is 61.1 Å². The zero-order valence-corrected chi connectivity index (χ0v) is 17.6. The van der Waals surface area contributed by atoms with Crippen molar-refractivity contribution in [3.8, 4) is 0 Å². The van der Waals surface area contributed by atoms with E-state index in [1.54, 1.807) is 11.3 Å². The Morgan fingerprint density at radius 3 is 2.52 bits per heavy atom. The van der Waals surface area contributed by atoms with Crippen molar-refractivity contribution >= 4 is 28.3 Å². The van der Waals surface area contributed by atoms with Crippen LogP contribution in [0.15, 0.2) is 35.9 Å². The van der Waals surface area contributed by atoms with Crippen molar-refractivity contribution in [3.63, 3.8) is 0 Å². The second-order valence-corrected chi connectivity index (χ2v) is 9.01. The summed E-state index contributed by atoms with van der Waals surface area (Å²) in [6, 6.07) is 10.2. The number of benzene rings is 1. The lowest BCUT2D eigenvalue weighted by atomic mass is 9.87. The topological polar surface area (TPSA) is 64.0 Å². The molecule has 29 heavy (non-hydrogen) atoms. The standard InChI is InChI=1S/C23H28N2O3S/c1-24-10-8-17(9-11-24)23-19-5-3-2-4-16(19)6-7-21-20(23)12-22(29-21)25(15-28)18(13-26)14-27/h2-5,12,15,18,26-27H,6-11,13-14H2,1H3. The predicted octanol–water partition coefficient (Wildman–Crippen LogP) is 2.69. The van der Waals surface area contributed by atoms with E-state index in [1.807, 2.05) is 0 Å². The summed E-state index contributed by atoms with van der Waals surface area (Å²) in [5, 5.41) is 20.0. The molecule has 1 saturated heterocycles. The Morgan fingerprint density at radius 2 is 1.83 bits per heavy atom. The first-order valence-electron chi connectivity index (χ1n) is 10.2. The highest BCUT2D eigenvalue weighted by Crippen LogP contribution is 2.44. The van der Waals surface area contributed by atoms with Crippen molar-refractivity contribution in [3.05, 3.63) is 57.5 Å². The number of anilines is 1. The number of carbonyl (C=O) groups is 1. The maximum absolute atomic E-state index is 11.8. The Hall–Kier alpha value is -1.99. The van der Waals surface area contributed by atoms with Gasteiger partial charge in [0.1, 0.15) is 0 Å². The van der Waals surface area contributed by atoms with Crippen molar-refractivity contribution in [1.82, 2.24) is 4.90 Å². The van der Waals surface area contributed by atoms with E-state index in [2.05, 4.69) is 42.3 Å². The minimum atomic E-state index is -0.610. The number of aliphatic hydroxyl groups is 2. The average Bonchev–Trinajstić information content (AvgIpc) is 3.09. The van der Waals surface area contributed by atoms with Gasteiger partial charge in [0.25, 0.3) is 0 Å². The SMILES string of the molecule is CN1CCC(=C2c3ccccc3CCc3sc(N(C=O)C(CO)CO)cc32)CC1. The monoisotopic (exact) mass is 412 g/mol. The molecular weight excluding hydrogens is 384 g/mol. The molecule has 1 aliphatic carbocycles. The van der Waals surface area contributed by atoms with Crippen LogP contribution in [-0.4, -0.2) is 60.9 Å². The number of thiophene rings is 1. The van der Waals surface area contributed by atoms with Crippen LogP contribution in [0.2, 0.25) is 0 Å². The van der Waals surface area contributed by atoms with Gasteiger partial charge < -0.3 is 15.1 Å². The number of amides is 1. The van der Waals surface area contributed by atoms with E-state index in [1.165, 1.54) is 37.6 Å². The predicted molar refractivity (Wildman–Crippen MR) is 117 cm³/mol. The number of piperidine rings is 1. The molecule has 1 aliphatic heterocycles. The lowest BCUT2D eigenvalue weighted by Crippen LogP contribution is -2.39. The molecule has 4 rings (SSSR count). The maximum atomic E-state index is 11.8. The molecule has 1 aromatic heterocycles. The summed E-state index contributed by atoms with van der Waals surface area (Å²) in [6.07, 6.45) is 4.74. The van der Waals surface area contributed by atoms with Crippen molar-refractivity contribution in [1.29, 1.82) is 0 Å². The molecule has 0 bridgehead atoms. The lowest BCUT2D eigenvalue weighted by molar-refractivity contribution is -0.108. The molecule has 1 amide bonds. The average molecular weight is 413 g/mol. The van der Waals surface area contributed by atoms with Crippen LogP contribution in [0.1, 0.15) is 34.4 Å². The van der Waals surface area contributed by atoms with Gasteiger partial charge in [0.15, 0.2) is 0 Å². The fourth-order valence-electron chi connectivity index (χ4n) is 4.39. The quantitative estimate of drug-likeness (QED) is 0.742. The fourth-order valence-corrected chi connectivity index (χ4v) is 5.59. The maximum Gasteiger partial charge on any atom is 0.215 e. The van der Waals surface area contributed by atoms with Gasteiger partial charge in [0, 0.05) is 18.0 Å². The van der Waals surface area contributed by atoms with Crippen molar-refractivity contribution in [2.24, 2.45) is 0 Å². The zero-order valence-electron chi connectivity index (χ0n) is 16.8. The smallest absolute Gasteiger partial charge is 0.215 e. The fraction of sp³-hybridized carbons (Fsp3) is 0.435. The van der Waals surface area contributed by atoms with Gasteiger partial charge in [-0.2, -0.15) is 0 Å². The van der Waals surface area contributed by atoms with Crippen LogP contribution in [0, 0.1) is 0 Å². The van der Waals surface area contributed by atoms with Gasteiger partial charge in [0.05, 0.1) is 24.3 Å². The Bertz CT molecular complexity index is 907. The van der Waals surface area contributed by atoms with Crippen LogP contribution >= 0.6 is 11.3 Å². The van der Waals surface area contributed by atoms with Crippen molar-refractivity contribution in [2.75, 3.05) is 38.3 Å². The minimum Gasteiger partial charge on any atom is -0.394 e. The summed E-state index contributed by atoms with van der Waals surface area (Å²) in [4.78, 5) is 16.9. The molecular formula is C23H28N2O3S. The van der Waals surface area contributed by atoms with Crippen molar-refractivity contribution in [2.45, 2.75) is 31.7 Å². The number of hydrogen-bond acceptors (Lipinski definition) is 5. The Kier molecular flexibility index (Phi) is 6.15. The molecule has 0 radical (unpaired) electrons. The molecule has 0 atom stereocenters. The lowest BCUT2D eigenvalue weighted by Gasteiger charge is -2.27. The van der Waals surface area contributed by atoms with Crippen LogP contribution in [0.25, 0.3) is 5.57 Å². The summed E-state index contributed by atoms with van der Waals surface area (Å²) in [6.45, 7) is 1.59. The molecule has 6 heteroatoms. The number of hydrogen-bond donors (Lipinski definition) is 2. The number of carbonyl (C=O) groups excluding carboxylic acids is 1.